The van der Waals surface area contributed by atoms with Crippen LogP contribution in [0.15, 0.2) is 0 Å². The Labute approximate surface area is 95.2 Å². The fourth-order valence-corrected chi connectivity index (χ4v) is 2.80. The Morgan fingerprint density at radius 1 is 1.40 bits per heavy atom. The summed E-state index contributed by atoms with van der Waals surface area (Å²) in [6.07, 6.45) is 3.89. The first kappa shape index (κ1) is 13.0. The Morgan fingerprint density at radius 3 is 2.20 bits per heavy atom. The van der Waals surface area contributed by atoms with E-state index in [-0.39, 0.29) is 5.54 Å². The van der Waals surface area contributed by atoms with Crippen molar-refractivity contribution >= 4 is 0 Å². The van der Waals surface area contributed by atoms with Crippen molar-refractivity contribution in [3.63, 3.8) is 0 Å². The topological polar surface area (TPSA) is 29.3 Å². The second-order valence-electron chi connectivity index (χ2n) is 5.58. The number of nitrogens with zero attached hydrogens (tertiary/aromatic N) is 1. The molecule has 1 rings (SSSR count). The van der Waals surface area contributed by atoms with Crippen LogP contribution in [0.25, 0.3) is 0 Å². The van der Waals surface area contributed by atoms with Gasteiger partial charge in [-0.3, -0.25) is 4.90 Å². The maximum absolute atomic E-state index is 6.06. The van der Waals surface area contributed by atoms with E-state index in [2.05, 4.69) is 39.5 Å². The second-order valence-corrected chi connectivity index (χ2v) is 5.58. The smallest absolute Gasteiger partial charge is 0.0359 e. The van der Waals surface area contributed by atoms with Crippen molar-refractivity contribution in [2.24, 2.45) is 11.1 Å². The van der Waals surface area contributed by atoms with Gasteiger partial charge in [-0.1, -0.05) is 20.8 Å². The average molecular weight is 212 g/mol. The first-order chi connectivity index (χ1) is 6.95. The highest BCUT2D eigenvalue weighted by Gasteiger charge is 2.55. The van der Waals surface area contributed by atoms with Crippen LogP contribution in [0.4, 0.5) is 0 Å². The van der Waals surface area contributed by atoms with Crippen LogP contribution in [0, 0.1) is 5.41 Å². The van der Waals surface area contributed by atoms with Gasteiger partial charge in [0.15, 0.2) is 0 Å². The lowest BCUT2D eigenvalue weighted by atomic mass is 9.81. The lowest BCUT2D eigenvalue weighted by Gasteiger charge is -2.48. The molecule has 1 saturated carbocycles. The molecule has 1 aliphatic rings. The van der Waals surface area contributed by atoms with Crippen molar-refractivity contribution in [1.82, 2.24) is 4.90 Å². The second kappa shape index (κ2) is 4.42. The third-order valence-corrected chi connectivity index (χ3v) is 4.80. The molecule has 0 aromatic carbocycles. The van der Waals surface area contributed by atoms with Crippen LogP contribution in [0.3, 0.4) is 0 Å². The Kier molecular flexibility index (Phi) is 3.83. The summed E-state index contributed by atoms with van der Waals surface area (Å²) in [5.41, 5.74) is 6.71. The van der Waals surface area contributed by atoms with Gasteiger partial charge in [-0.25, -0.2) is 0 Å². The largest absolute Gasteiger partial charge is 0.329 e. The minimum absolute atomic E-state index is 0.192. The van der Waals surface area contributed by atoms with E-state index in [9.17, 15) is 0 Å². The number of hydrogen-bond donors (Lipinski definition) is 1. The molecule has 2 unspecified atom stereocenters. The lowest BCUT2D eigenvalue weighted by molar-refractivity contribution is 0.0186. The Bertz CT molecular complexity index is 211. The molecule has 0 bridgehead atoms. The van der Waals surface area contributed by atoms with Gasteiger partial charge in [0.2, 0.25) is 0 Å². The fourth-order valence-electron chi connectivity index (χ4n) is 2.80. The molecule has 2 nitrogen and oxygen atoms in total. The molecule has 2 atom stereocenters. The molecule has 0 aromatic rings. The average Bonchev–Trinajstić information content (AvgIpc) is 2.98. The van der Waals surface area contributed by atoms with E-state index in [0.29, 0.717) is 11.5 Å². The highest BCUT2D eigenvalue weighted by atomic mass is 15.2. The van der Waals surface area contributed by atoms with Crippen LogP contribution in [0.2, 0.25) is 0 Å². The van der Waals surface area contributed by atoms with Crippen molar-refractivity contribution < 1.29 is 0 Å². The molecule has 1 aliphatic carbocycles. The van der Waals surface area contributed by atoms with Crippen molar-refractivity contribution in [2.45, 2.75) is 65.5 Å². The molecule has 1 fully saturated rings. The standard InChI is InChI=1S/C13H28N2/c1-6-11(3)15(7-2)13(5,10-14)12(4)8-9-12/h11H,6-10,14H2,1-5H3. The zero-order valence-corrected chi connectivity index (χ0v) is 11.1. The van der Waals surface area contributed by atoms with Gasteiger partial charge in [0.1, 0.15) is 0 Å². The summed E-state index contributed by atoms with van der Waals surface area (Å²) in [5.74, 6) is 0. The van der Waals surface area contributed by atoms with E-state index < -0.39 is 0 Å². The van der Waals surface area contributed by atoms with Gasteiger partial charge in [-0.15, -0.1) is 0 Å². The Balaban J connectivity index is 2.87. The highest BCUT2D eigenvalue weighted by Crippen LogP contribution is 2.55. The molecule has 2 N–H and O–H groups in total. The van der Waals surface area contributed by atoms with Crippen molar-refractivity contribution in [3.8, 4) is 0 Å². The molecule has 90 valence electrons. The van der Waals surface area contributed by atoms with Gasteiger partial charge in [0.25, 0.3) is 0 Å². The van der Waals surface area contributed by atoms with E-state index >= 15 is 0 Å². The summed E-state index contributed by atoms with van der Waals surface area (Å²) in [6.45, 7) is 13.5. The first-order valence-electron chi connectivity index (χ1n) is 6.42. The van der Waals surface area contributed by atoms with Crippen LogP contribution in [0.5, 0.6) is 0 Å². The summed E-state index contributed by atoms with van der Waals surface area (Å²) in [7, 11) is 0. The third kappa shape index (κ3) is 2.07. The molecule has 0 aliphatic heterocycles. The molecular formula is C13H28N2. The zero-order valence-electron chi connectivity index (χ0n) is 11.1. The Morgan fingerprint density at radius 2 is 1.93 bits per heavy atom. The predicted molar refractivity (Wildman–Crippen MR) is 66.9 cm³/mol. The lowest BCUT2D eigenvalue weighted by Crippen LogP contribution is -2.59. The minimum Gasteiger partial charge on any atom is -0.329 e. The molecule has 0 saturated heterocycles. The maximum Gasteiger partial charge on any atom is 0.0359 e. The summed E-state index contributed by atoms with van der Waals surface area (Å²) in [5, 5.41) is 0. The van der Waals surface area contributed by atoms with E-state index in [4.69, 9.17) is 5.73 Å². The van der Waals surface area contributed by atoms with Gasteiger partial charge in [-0.05, 0) is 45.1 Å². The summed E-state index contributed by atoms with van der Waals surface area (Å²) >= 11 is 0. The summed E-state index contributed by atoms with van der Waals surface area (Å²) in [6, 6.07) is 0.640. The molecule has 15 heavy (non-hydrogen) atoms. The van der Waals surface area contributed by atoms with Crippen LogP contribution in [0.1, 0.15) is 53.9 Å². The van der Waals surface area contributed by atoms with Crippen molar-refractivity contribution in [3.05, 3.63) is 0 Å². The van der Waals surface area contributed by atoms with E-state index in [1.54, 1.807) is 0 Å². The summed E-state index contributed by atoms with van der Waals surface area (Å²) < 4.78 is 0. The normalized spacial score (nSPS) is 25.0. The van der Waals surface area contributed by atoms with Crippen LogP contribution in [-0.4, -0.2) is 29.6 Å². The fraction of sp³-hybridized carbons (Fsp3) is 1.00. The van der Waals surface area contributed by atoms with Crippen molar-refractivity contribution in [1.29, 1.82) is 0 Å². The SMILES string of the molecule is CCC(C)N(CC)C(C)(CN)C1(C)CC1. The van der Waals surface area contributed by atoms with Crippen LogP contribution < -0.4 is 5.73 Å². The molecule has 0 spiro atoms. The number of nitrogens with two attached hydrogens (primary N) is 1. The minimum atomic E-state index is 0.192. The summed E-state index contributed by atoms with van der Waals surface area (Å²) in [4.78, 5) is 2.61. The van der Waals surface area contributed by atoms with Gasteiger partial charge < -0.3 is 5.73 Å². The molecule has 0 amide bonds. The Hall–Kier alpha value is -0.0800. The maximum atomic E-state index is 6.06. The van der Waals surface area contributed by atoms with E-state index in [1.165, 1.54) is 19.3 Å². The molecule has 0 radical (unpaired) electrons. The number of likely N-dealkylation sites (N-methyl/N-ethyl adjacent to an activating group) is 1. The quantitative estimate of drug-likeness (QED) is 0.733. The zero-order chi connectivity index (χ0) is 11.7. The van der Waals surface area contributed by atoms with Gasteiger partial charge in [0, 0.05) is 18.1 Å². The van der Waals surface area contributed by atoms with Crippen LogP contribution >= 0.6 is 0 Å². The number of rotatable bonds is 6. The molecule has 2 heteroatoms. The number of hydrogen-bond acceptors (Lipinski definition) is 2. The first-order valence-corrected chi connectivity index (χ1v) is 6.42. The van der Waals surface area contributed by atoms with Crippen LogP contribution in [-0.2, 0) is 0 Å². The molecule has 0 aromatic heterocycles. The van der Waals surface area contributed by atoms with Gasteiger partial charge in [0.05, 0.1) is 0 Å². The van der Waals surface area contributed by atoms with Gasteiger partial charge >= 0.3 is 0 Å². The molecule has 0 heterocycles. The highest BCUT2D eigenvalue weighted by molar-refractivity contribution is 5.10. The van der Waals surface area contributed by atoms with Gasteiger partial charge in [-0.2, -0.15) is 0 Å². The predicted octanol–water partition coefficient (Wildman–Crippen LogP) is 2.62. The van der Waals surface area contributed by atoms with E-state index in [0.717, 1.165) is 13.1 Å². The van der Waals surface area contributed by atoms with E-state index in [1.807, 2.05) is 0 Å². The molecular weight excluding hydrogens is 184 g/mol. The van der Waals surface area contributed by atoms with Crippen molar-refractivity contribution in [2.75, 3.05) is 13.1 Å². The monoisotopic (exact) mass is 212 g/mol. The third-order valence-electron chi connectivity index (χ3n) is 4.80.